The minimum absolute atomic E-state index is 0.710. The molecule has 0 aliphatic rings. The summed E-state index contributed by atoms with van der Waals surface area (Å²) in [5.74, 6) is -2.70. The zero-order chi connectivity index (χ0) is 20.3. The summed E-state index contributed by atoms with van der Waals surface area (Å²) in [5.41, 5.74) is -4.85. The fraction of sp³-hybridized carbons (Fsp3) is 0.833. The van der Waals surface area contributed by atoms with Crippen LogP contribution in [0.5, 0.6) is 0 Å². The Labute approximate surface area is 150 Å². The third-order valence-corrected chi connectivity index (χ3v) is 2.49. The van der Waals surface area contributed by atoms with E-state index >= 15 is 0 Å². The minimum Gasteiger partial charge on any atom is -0.460 e. The van der Waals surface area contributed by atoms with Crippen molar-refractivity contribution in [3.8, 4) is 0 Å². The van der Waals surface area contributed by atoms with E-state index in [1.165, 1.54) is 0 Å². The van der Waals surface area contributed by atoms with E-state index in [0.717, 1.165) is 0 Å². The van der Waals surface area contributed by atoms with Crippen LogP contribution in [0.3, 0.4) is 0 Å². The highest BCUT2D eigenvalue weighted by Crippen LogP contribution is 2.25. The Morgan fingerprint density at radius 3 is 1.16 bits per heavy atom. The third-order valence-electron chi connectivity index (χ3n) is 2.49. The lowest BCUT2D eigenvalue weighted by atomic mass is 9.94. The van der Waals surface area contributed by atoms with Crippen molar-refractivity contribution in [1.29, 1.82) is 0 Å². The fourth-order valence-corrected chi connectivity index (χ4v) is 1.81. The van der Waals surface area contributed by atoms with Crippen LogP contribution in [0.4, 0.5) is 0 Å². The highest BCUT2D eigenvalue weighted by molar-refractivity contribution is 5.90. The molecule has 0 radical (unpaired) electrons. The van der Waals surface area contributed by atoms with E-state index in [4.69, 9.17) is 14.2 Å². The molecule has 7 nitrogen and oxygen atoms in total. The Bertz CT molecular complexity index is 471. The average molecular weight is 360 g/mol. The van der Waals surface area contributed by atoms with Crippen LogP contribution < -0.4 is 0 Å². The largest absolute Gasteiger partial charge is 0.460 e. The van der Waals surface area contributed by atoms with Gasteiger partial charge < -0.3 is 19.3 Å². The second-order valence-electron chi connectivity index (χ2n) is 9.06. The average Bonchev–Trinajstić information content (AvgIpc) is 2.19. The first-order valence-electron chi connectivity index (χ1n) is 8.22. The van der Waals surface area contributed by atoms with Crippen molar-refractivity contribution in [1.82, 2.24) is 0 Å². The highest BCUT2D eigenvalue weighted by Gasteiger charge is 2.45. The molecule has 0 rings (SSSR count). The minimum atomic E-state index is -2.36. The molecule has 0 aromatic heterocycles. The molecule has 0 heterocycles. The number of rotatable bonds is 5. The highest BCUT2D eigenvalue weighted by atomic mass is 16.6. The predicted octanol–water partition coefficient (Wildman–Crippen LogP) is 2.52. The molecule has 0 spiro atoms. The quantitative estimate of drug-likeness (QED) is 0.594. The van der Waals surface area contributed by atoms with Crippen LogP contribution in [0.1, 0.15) is 75.2 Å². The maximum atomic E-state index is 12.4. The number of carbonyl (C=O) groups excluding carboxylic acids is 3. The van der Waals surface area contributed by atoms with Gasteiger partial charge in [0.1, 0.15) is 16.8 Å². The number of hydrogen-bond donors (Lipinski definition) is 1. The number of ether oxygens (including phenoxy) is 3. The number of aliphatic hydroxyl groups is 1. The lowest BCUT2D eigenvalue weighted by molar-refractivity contribution is -0.190. The zero-order valence-corrected chi connectivity index (χ0v) is 16.8. The van der Waals surface area contributed by atoms with Crippen LogP contribution in [-0.4, -0.2) is 45.4 Å². The molecule has 0 saturated heterocycles. The van der Waals surface area contributed by atoms with E-state index in [0.29, 0.717) is 0 Å². The van der Waals surface area contributed by atoms with Crippen molar-refractivity contribution in [3.05, 3.63) is 0 Å². The summed E-state index contributed by atoms with van der Waals surface area (Å²) < 4.78 is 15.4. The molecule has 1 N–H and O–H groups in total. The fourth-order valence-electron chi connectivity index (χ4n) is 1.81. The van der Waals surface area contributed by atoms with Gasteiger partial charge in [0.05, 0.1) is 12.8 Å². The molecule has 7 heteroatoms. The van der Waals surface area contributed by atoms with E-state index in [-0.39, 0.29) is 0 Å². The Hall–Kier alpha value is -1.63. The summed E-state index contributed by atoms with van der Waals surface area (Å²) in [6.07, 6.45) is -1.42. The maximum Gasteiger partial charge on any atom is 0.339 e. The molecule has 0 aromatic rings. The first kappa shape index (κ1) is 23.4. The lowest BCUT2D eigenvalue weighted by Gasteiger charge is -2.31. The van der Waals surface area contributed by atoms with Crippen molar-refractivity contribution in [2.24, 2.45) is 0 Å². The first-order valence-corrected chi connectivity index (χ1v) is 8.22. The predicted molar refractivity (Wildman–Crippen MR) is 91.7 cm³/mol. The van der Waals surface area contributed by atoms with E-state index in [1.54, 1.807) is 62.3 Å². The summed E-state index contributed by atoms with van der Waals surface area (Å²) in [7, 11) is 0. The molecule has 0 fully saturated rings. The van der Waals surface area contributed by atoms with Gasteiger partial charge >= 0.3 is 17.9 Å². The lowest BCUT2D eigenvalue weighted by Crippen LogP contribution is -2.48. The second-order valence-corrected chi connectivity index (χ2v) is 9.06. The van der Waals surface area contributed by atoms with Crippen molar-refractivity contribution in [2.45, 2.75) is 97.6 Å². The monoisotopic (exact) mass is 360 g/mol. The standard InChI is InChI=1S/C18H32O7/c1-15(2,3)23-12(19)10-18(22,14(21)25-17(7,8)9)11-13(20)24-16(4,5)6/h22H,10-11H2,1-9H3. The van der Waals surface area contributed by atoms with Crippen LogP contribution in [0.25, 0.3) is 0 Å². The van der Waals surface area contributed by atoms with Crippen LogP contribution in [0, 0.1) is 0 Å². The van der Waals surface area contributed by atoms with E-state index in [9.17, 15) is 19.5 Å². The second kappa shape index (κ2) is 7.72. The number of esters is 3. The molecule has 0 amide bonds. The Kier molecular flexibility index (Phi) is 7.22. The van der Waals surface area contributed by atoms with Crippen molar-refractivity contribution >= 4 is 17.9 Å². The van der Waals surface area contributed by atoms with Crippen LogP contribution in [-0.2, 0) is 28.6 Å². The van der Waals surface area contributed by atoms with E-state index < -0.39 is 53.2 Å². The Morgan fingerprint density at radius 2 is 0.920 bits per heavy atom. The van der Waals surface area contributed by atoms with Gasteiger partial charge in [0, 0.05) is 0 Å². The molecular formula is C18H32O7. The molecule has 0 bridgehead atoms. The molecule has 146 valence electrons. The van der Waals surface area contributed by atoms with Gasteiger partial charge in [-0.1, -0.05) is 0 Å². The molecule has 0 aromatic carbocycles. The third kappa shape index (κ3) is 10.8. The SMILES string of the molecule is CC(C)(C)OC(=O)CC(O)(CC(=O)OC(C)(C)C)C(=O)OC(C)(C)C. The van der Waals surface area contributed by atoms with Crippen molar-refractivity contribution < 1.29 is 33.7 Å². The van der Waals surface area contributed by atoms with E-state index in [1.807, 2.05) is 0 Å². The van der Waals surface area contributed by atoms with Gasteiger partial charge in [-0.25, -0.2) is 4.79 Å². The molecule has 0 aliphatic carbocycles. The molecular weight excluding hydrogens is 328 g/mol. The first-order chi connectivity index (χ1) is 10.8. The van der Waals surface area contributed by atoms with Gasteiger partial charge in [-0.2, -0.15) is 0 Å². The van der Waals surface area contributed by atoms with Gasteiger partial charge in [-0.15, -0.1) is 0 Å². The summed E-state index contributed by atoms with van der Waals surface area (Å²) in [5, 5.41) is 10.7. The van der Waals surface area contributed by atoms with Gasteiger partial charge in [0.25, 0.3) is 0 Å². The van der Waals surface area contributed by atoms with Crippen LogP contribution >= 0.6 is 0 Å². The van der Waals surface area contributed by atoms with Crippen molar-refractivity contribution in [3.63, 3.8) is 0 Å². The van der Waals surface area contributed by atoms with Gasteiger partial charge in [0.15, 0.2) is 5.60 Å². The molecule has 0 saturated carbocycles. The maximum absolute atomic E-state index is 12.4. The molecule has 0 unspecified atom stereocenters. The van der Waals surface area contributed by atoms with Crippen LogP contribution in [0.2, 0.25) is 0 Å². The van der Waals surface area contributed by atoms with Gasteiger partial charge in [-0.05, 0) is 62.3 Å². The Morgan fingerprint density at radius 1 is 0.640 bits per heavy atom. The summed E-state index contributed by atoms with van der Waals surface area (Å²) >= 11 is 0. The van der Waals surface area contributed by atoms with Crippen molar-refractivity contribution in [2.75, 3.05) is 0 Å². The summed E-state index contributed by atoms with van der Waals surface area (Å²) in [4.78, 5) is 36.5. The molecule has 25 heavy (non-hydrogen) atoms. The van der Waals surface area contributed by atoms with E-state index in [2.05, 4.69) is 0 Å². The topological polar surface area (TPSA) is 99.1 Å². The normalized spacial score (nSPS) is 13.2. The molecule has 0 atom stereocenters. The smallest absolute Gasteiger partial charge is 0.339 e. The van der Waals surface area contributed by atoms with Gasteiger partial charge in [-0.3, -0.25) is 9.59 Å². The summed E-state index contributed by atoms with van der Waals surface area (Å²) in [6, 6.07) is 0. The summed E-state index contributed by atoms with van der Waals surface area (Å²) in [6.45, 7) is 14.8. The molecule has 0 aliphatic heterocycles. The zero-order valence-electron chi connectivity index (χ0n) is 16.8. The Balaban J connectivity index is 5.39. The number of hydrogen-bond acceptors (Lipinski definition) is 7. The number of carbonyl (C=O) groups is 3. The van der Waals surface area contributed by atoms with Crippen LogP contribution in [0.15, 0.2) is 0 Å². The van der Waals surface area contributed by atoms with Gasteiger partial charge in [0.2, 0.25) is 0 Å².